The smallest absolute Gasteiger partial charge is 0.230 e. The molecule has 3 heterocycles. The largest absolute Gasteiger partial charge is 0.376 e. The van der Waals surface area contributed by atoms with Crippen LogP contribution in [0.25, 0.3) is 22.3 Å². The minimum Gasteiger partial charge on any atom is -0.376 e. The second-order valence-electron chi connectivity index (χ2n) is 8.14. The molecule has 158 valence electrons. The molecular weight excluding hydrogens is 398 g/mol. The fourth-order valence-corrected chi connectivity index (χ4v) is 5.24. The Balaban J connectivity index is 1.38. The summed E-state index contributed by atoms with van der Waals surface area (Å²) < 4.78 is 8.01. The predicted molar refractivity (Wildman–Crippen MR) is 117 cm³/mol. The van der Waals surface area contributed by atoms with Crippen molar-refractivity contribution in [2.24, 2.45) is 0 Å². The Morgan fingerprint density at radius 2 is 2.07 bits per heavy atom. The van der Waals surface area contributed by atoms with Crippen LogP contribution in [-0.2, 0) is 16.1 Å². The van der Waals surface area contributed by atoms with Crippen LogP contribution >= 0.6 is 11.8 Å². The van der Waals surface area contributed by atoms with Gasteiger partial charge >= 0.3 is 0 Å². The third-order valence-corrected chi connectivity index (χ3v) is 6.98. The van der Waals surface area contributed by atoms with Crippen LogP contribution in [0.2, 0.25) is 0 Å². The van der Waals surface area contributed by atoms with Crippen LogP contribution in [0.1, 0.15) is 38.5 Å². The first kappa shape index (κ1) is 19.6. The molecule has 5 rings (SSSR count). The van der Waals surface area contributed by atoms with Crippen LogP contribution in [0.4, 0.5) is 0 Å². The summed E-state index contributed by atoms with van der Waals surface area (Å²) in [6.07, 6.45) is 8.88. The highest BCUT2D eigenvalue weighted by Gasteiger charge is 2.24. The third-order valence-electron chi connectivity index (χ3n) is 6.01. The zero-order valence-corrected chi connectivity index (χ0v) is 17.8. The molecule has 0 spiro atoms. The fraction of sp³-hybridized carbons (Fsp3) is 0.500. The number of ether oxygens (including phenoxy) is 1. The number of H-pyrrole nitrogens is 1. The van der Waals surface area contributed by atoms with Crippen molar-refractivity contribution >= 4 is 28.6 Å². The Labute approximate surface area is 180 Å². The summed E-state index contributed by atoms with van der Waals surface area (Å²) in [7, 11) is 0. The molecule has 2 N–H and O–H groups in total. The molecule has 1 aromatic carbocycles. The second-order valence-corrected chi connectivity index (χ2v) is 9.08. The van der Waals surface area contributed by atoms with Crippen LogP contribution in [0.5, 0.6) is 0 Å². The summed E-state index contributed by atoms with van der Waals surface area (Å²) in [5.41, 5.74) is 2.10. The number of nitrogens with one attached hydrogen (secondary N) is 2. The molecule has 8 heteroatoms. The molecule has 3 aromatic rings. The van der Waals surface area contributed by atoms with Crippen LogP contribution in [0.15, 0.2) is 35.6 Å². The summed E-state index contributed by atoms with van der Waals surface area (Å²) in [6.45, 7) is 1.51. The first-order valence-corrected chi connectivity index (χ1v) is 11.8. The van der Waals surface area contributed by atoms with E-state index < -0.39 is 0 Å². The van der Waals surface area contributed by atoms with Crippen molar-refractivity contribution in [1.29, 1.82) is 0 Å². The van der Waals surface area contributed by atoms with Gasteiger partial charge in [-0.1, -0.05) is 42.8 Å². The number of hydrogen-bond donors (Lipinski definition) is 2. The summed E-state index contributed by atoms with van der Waals surface area (Å²) in [5, 5.41) is 14.0. The number of carbonyl (C=O) groups is 1. The molecule has 0 bridgehead atoms. The number of aromatic amines is 1. The van der Waals surface area contributed by atoms with Crippen LogP contribution in [0.3, 0.4) is 0 Å². The minimum absolute atomic E-state index is 0.0761. The minimum atomic E-state index is 0.0761. The van der Waals surface area contributed by atoms with Crippen molar-refractivity contribution in [1.82, 2.24) is 25.1 Å². The van der Waals surface area contributed by atoms with Gasteiger partial charge in [-0.3, -0.25) is 9.36 Å². The highest BCUT2D eigenvalue weighted by Crippen LogP contribution is 2.31. The first-order chi connectivity index (χ1) is 14.8. The highest BCUT2D eigenvalue weighted by molar-refractivity contribution is 7.99. The Morgan fingerprint density at radius 1 is 1.20 bits per heavy atom. The zero-order chi connectivity index (χ0) is 20.3. The number of rotatable bonds is 7. The molecule has 30 heavy (non-hydrogen) atoms. The molecule has 0 radical (unpaired) electrons. The van der Waals surface area contributed by atoms with E-state index in [9.17, 15) is 4.79 Å². The average molecular weight is 426 g/mol. The fourth-order valence-electron chi connectivity index (χ4n) is 4.48. The average Bonchev–Trinajstić information content (AvgIpc) is 3.55. The van der Waals surface area contributed by atoms with Gasteiger partial charge in [-0.25, -0.2) is 0 Å². The third kappa shape index (κ3) is 4.11. The molecule has 1 amide bonds. The molecule has 1 atom stereocenters. The van der Waals surface area contributed by atoms with Crippen molar-refractivity contribution in [2.75, 3.05) is 12.4 Å². The van der Waals surface area contributed by atoms with Gasteiger partial charge in [0.15, 0.2) is 11.0 Å². The number of thioether (sulfide) groups is 1. The Hall–Kier alpha value is -2.32. The van der Waals surface area contributed by atoms with E-state index in [4.69, 9.17) is 4.74 Å². The lowest BCUT2D eigenvalue weighted by molar-refractivity contribution is -0.119. The van der Waals surface area contributed by atoms with E-state index in [1.54, 1.807) is 0 Å². The topological polar surface area (TPSA) is 84.8 Å². The number of para-hydroxylation sites is 1. The molecule has 1 aliphatic heterocycles. The van der Waals surface area contributed by atoms with Crippen molar-refractivity contribution in [3.05, 3.63) is 30.5 Å². The standard InChI is InChI=1S/C22H27N5O2S/c28-20(24-15-6-1-2-7-15)14-30-22-26-25-21(27(22)13-16-8-5-11-29-16)18-12-23-19-10-4-3-9-17(18)19/h3-4,9-10,12,15-16,23H,1-2,5-8,11,13-14H2,(H,24,28). The maximum absolute atomic E-state index is 12.4. The van der Waals surface area contributed by atoms with Gasteiger partial charge in [0, 0.05) is 35.3 Å². The SMILES string of the molecule is O=C(CSc1nnc(-c2c[nH]c3ccccc23)n1CC1CCCO1)NC1CCCC1. The Morgan fingerprint density at radius 3 is 2.90 bits per heavy atom. The first-order valence-electron chi connectivity index (χ1n) is 10.8. The van der Waals surface area contributed by atoms with Crippen molar-refractivity contribution < 1.29 is 9.53 Å². The number of benzene rings is 1. The normalized spacial score (nSPS) is 19.7. The lowest BCUT2D eigenvalue weighted by Crippen LogP contribution is -2.33. The lowest BCUT2D eigenvalue weighted by Gasteiger charge is -2.15. The van der Waals surface area contributed by atoms with Gasteiger partial charge in [0.2, 0.25) is 5.91 Å². The summed E-state index contributed by atoms with van der Waals surface area (Å²) >= 11 is 1.46. The molecule has 1 unspecified atom stereocenters. The van der Waals surface area contributed by atoms with Gasteiger partial charge < -0.3 is 15.0 Å². The van der Waals surface area contributed by atoms with Crippen LogP contribution < -0.4 is 5.32 Å². The molecule has 7 nitrogen and oxygen atoms in total. The molecule has 2 aliphatic rings. The molecule has 2 aromatic heterocycles. The van der Waals surface area contributed by atoms with Crippen molar-refractivity contribution in [3.8, 4) is 11.4 Å². The number of amides is 1. The van der Waals surface area contributed by atoms with Gasteiger partial charge in [0.05, 0.1) is 18.4 Å². The number of aromatic nitrogens is 4. The maximum Gasteiger partial charge on any atom is 0.230 e. The van der Waals surface area contributed by atoms with Gasteiger partial charge in [0.25, 0.3) is 0 Å². The number of nitrogens with zero attached hydrogens (tertiary/aromatic N) is 3. The van der Waals surface area contributed by atoms with E-state index in [0.717, 1.165) is 59.7 Å². The quantitative estimate of drug-likeness (QED) is 0.563. The van der Waals surface area contributed by atoms with Crippen LogP contribution in [-0.4, -0.2) is 50.2 Å². The van der Waals surface area contributed by atoms with Crippen molar-refractivity contribution in [3.63, 3.8) is 0 Å². The number of fused-ring (bicyclic) bond motifs is 1. The Bertz CT molecular complexity index is 1020. The van der Waals surface area contributed by atoms with Crippen LogP contribution in [0, 0.1) is 0 Å². The zero-order valence-electron chi connectivity index (χ0n) is 17.0. The maximum atomic E-state index is 12.4. The summed E-state index contributed by atoms with van der Waals surface area (Å²) in [4.78, 5) is 15.7. The number of carbonyl (C=O) groups excluding carboxylic acids is 1. The van der Waals surface area contributed by atoms with E-state index in [0.29, 0.717) is 18.3 Å². The van der Waals surface area contributed by atoms with Gasteiger partial charge in [-0.2, -0.15) is 0 Å². The van der Waals surface area contributed by atoms with E-state index in [-0.39, 0.29) is 12.0 Å². The molecule has 1 saturated carbocycles. The van der Waals surface area contributed by atoms with E-state index in [1.165, 1.54) is 24.6 Å². The molecular formula is C22H27N5O2S. The van der Waals surface area contributed by atoms with Gasteiger partial charge in [0.1, 0.15) is 0 Å². The molecule has 2 fully saturated rings. The molecule has 1 saturated heterocycles. The van der Waals surface area contributed by atoms with E-state index in [2.05, 4.69) is 37.2 Å². The van der Waals surface area contributed by atoms with E-state index in [1.807, 2.05) is 18.3 Å². The monoisotopic (exact) mass is 425 g/mol. The predicted octanol–water partition coefficient (Wildman–Crippen LogP) is 3.76. The van der Waals surface area contributed by atoms with Gasteiger partial charge in [-0.15, -0.1) is 10.2 Å². The lowest BCUT2D eigenvalue weighted by atomic mass is 10.1. The second kappa shape index (κ2) is 8.81. The summed E-state index contributed by atoms with van der Waals surface area (Å²) in [6, 6.07) is 8.54. The van der Waals surface area contributed by atoms with Crippen molar-refractivity contribution in [2.45, 2.75) is 62.4 Å². The van der Waals surface area contributed by atoms with E-state index >= 15 is 0 Å². The highest BCUT2D eigenvalue weighted by atomic mass is 32.2. The van der Waals surface area contributed by atoms with Gasteiger partial charge in [-0.05, 0) is 31.7 Å². The molecule has 1 aliphatic carbocycles. The number of hydrogen-bond acceptors (Lipinski definition) is 5. The Kier molecular flexibility index (Phi) is 5.77. The summed E-state index contributed by atoms with van der Waals surface area (Å²) in [5.74, 6) is 1.25.